The number of hydrogen-bond donors (Lipinski definition) is 2. The van der Waals surface area contributed by atoms with Crippen LogP contribution in [0.3, 0.4) is 0 Å². The van der Waals surface area contributed by atoms with Crippen LogP contribution in [-0.2, 0) is 22.9 Å². The van der Waals surface area contributed by atoms with Gasteiger partial charge in [-0.05, 0) is 47.5 Å². The molecule has 0 spiro atoms. The Balaban J connectivity index is 0.00000364. The number of phenols is 2. The van der Waals surface area contributed by atoms with Gasteiger partial charge in [-0.3, -0.25) is 0 Å². The summed E-state index contributed by atoms with van der Waals surface area (Å²) in [6.07, 6.45) is 0. The van der Waals surface area contributed by atoms with Crippen LogP contribution in [0.1, 0.15) is 11.1 Å². The van der Waals surface area contributed by atoms with Crippen molar-refractivity contribution in [2.24, 2.45) is 0 Å². The summed E-state index contributed by atoms with van der Waals surface area (Å²) in [5.74, 6) is -0.128. The average Bonchev–Trinajstić information content (AvgIpc) is 2.58. The van der Waals surface area contributed by atoms with Crippen molar-refractivity contribution < 1.29 is 118 Å². The first-order valence-corrected chi connectivity index (χ1v) is 9.03. The second-order valence-corrected chi connectivity index (χ2v) is 6.96. The molecule has 14 heteroatoms. The molecule has 0 bridgehead atoms. The molecule has 28 heavy (non-hydrogen) atoms. The number of rotatable bonds is 9. The molecule has 0 saturated carbocycles. The quantitative estimate of drug-likeness (QED) is 0.219. The second kappa shape index (κ2) is 14.1. The van der Waals surface area contributed by atoms with Crippen molar-refractivity contribution in [1.29, 1.82) is 0 Å². The van der Waals surface area contributed by atoms with Gasteiger partial charge in [-0.15, -0.1) is 20.2 Å². The fourth-order valence-corrected chi connectivity index (χ4v) is 4.24. The van der Waals surface area contributed by atoms with Crippen LogP contribution in [0.25, 0.3) is 0 Å². The number of aromatic hydroxyl groups is 2. The molecule has 0 atom stereocenters. The third kappa shape index (κ3) is 9.68. The minimum Gasteiger partial charge on any atom is -0.508 e. The minimum absolute atomic E-state index is 0. The molecular weight excluding hydrogens is 842 g/mol. The van der Waals surface area contributed by atoms with E-state index in [2.05, 4.69) is 9.68 Å². The fourth-order valence-electron chi connectivity index (χ4n) is 1.85. The van der Waals surface area contributed by atoms with Gasteiger partial charge in [0, 0.05) is 97.9 Å². The zero-order valence-corrected chi connectivity index (χ0v) is 25.2. The molecule has 2 radical (unpaired) electrons. The molecule has 2 aromatic rings. The Kier molecular flexibility index (Phi) is 14.1. The van der Waals surface area contributed by atoms with Gasteiger partial charge in [0.2, 0.25) is 0 Å². The Morgan fingerprint density at radius 1 is 0.786 bits per heavy atom. The van der Waals surface area contributed by atoms with Gasteiger partial charge in [0.1, 0.15) is 24.7 Å². The zero-order chi connectivity index (χ0) is 19.1. The molecule has 0 saturated heterocycles. The minimum atomic E-state index is -0.932. The Bertz CT molecular complexity index is 760. The molecule has 0 aliphatic rings. The van der Waals surface area contributed by atoms with Crippen LogP contribution in [0.5, 0.6) is 11.5 Å². The third-order valence-electron chi connectivity index (χ3n) is 2.96. The van der Waals surface area contributed by atoms with Crippen molar-refractivity contribution in [2.75, 3.05) is 0 Å². The van der Waals surface area contributed by atoms with Crippen LogP contribution >= 0.6 is 21.6 Å². The van der Waals surface area contributed by atoms with Crippen LogP contribution in [0.2, 0.25) is 0 Å². The molecule has 2 N–H and O–H groups in total. The van der Waals surface area contributed by atoms with Crippen molar-refractivity contribution in [1.82, 2.24) is 0 Å². The molecule has 0 amide bonds. The molecule has 144 valence electrons. The van der Waals surface area contributed by atoms with E-state index in [0.717, 1.165) is 0 Å². The summed E-state index contributed by atoms with van der Waals surface area (Å²) in [6.45, 7) is -0.672. The molecule has 10 nitrogen and oxygen atoms in total. The molecule has 0 fully saturated rings. The number of benzene rings is 2. The van der Waals surface area contributed by atoms with E-state index in [1.807, 2.05) is 0 Å². The predicted molar refractivity (Wildman–Crippen MR) is 91.5 cm³/mol. The largest absolute Gasteiger partial charge is 0.508 e. The van der Waals surface area contributed by atoms with Crippen molar-refractivity contribution in [3.63, 3.8) is 0 Å². The van der Waals surface area contributed by atoms with Gasteiger partial charge >= 0.3 is 0 Å². The predicted octanol–water partition coefficient (Wildman–Crippen LogP) is 3.31. The number of phenolic OH excluding ortho intramolecular Hbond substituents is 2. The Labute approximate surface area is 238 Å². The summed E-state index contributed by atoms with van der Waals surface area (Å²) < 4.78 is 0. The van der Waals surface area contributed by atoms with Gasteiger partial charge in [-0.25, -0.2) is 0 Å². The molecule has 0 aliphatic heterocycles. The Morgan fingerprint density at radius 2 is 1.14 bits per heavy atom. The van der Waals surface area contributed by atoms with Crippen LogP contribution in [0.4, 0.5) is 0 Å². The molecule has 0 unspecified atom stereocenters. The van der Waals surface area contributed by atoms with E-state index in [0.29, 0.717) is 20.9 Å². The van der Waals surface area contributed by atoms with Gasteiger partial charge in [-0.1, -0.05) is 21.6 Å². The SMILES string of the molecule is O=[N+]([O-])OCc1cc(O)ccc1SSc1ccc(O)cc1CO[N+](=O)[O-].[Ac].[Ac]. The van der Waals surface area contributed by atoms with Crippen LogP contribution in [0.15, 0.2) is 46.2 Å². The standard InChI is InChI=1S/C14H12N2O8S2.2Ac/c17-11-1-3-13(9(5-11)7-23-15(19)20)25-26-14-4-2-12(18)6-10(14)8-24-16(21)22;;/h1-6,17-18H,7-8H2;;. The van der Waals surface area contributed by atoms with Crippen molar-refractivity contribution in [3.8, 4) is 11.5 Å². The smallest absolute Gasteiger partial charge is 0.294 e. The topological polar surface area (TPSA) is 145 Å². The van der Waals surface area contributed by atoms with Gasteiger partial charge in [0.15, 0.2) is 0 Å². The van der Waals surface area contributed by atoms with E-state index in [-0.39, 0.29) is 113 Å². The molecular formula is C14H12Ac2N2O8S2. The first-order valence-electron chi connectivity index (χ1n) is 6.88. The Morgan fingerprint density at radius 3 is 1.46 bits per heavy atom. The number of hydrogen-bond acceptors (Lipinski definition) is 10. The van der Waals surface area contributed by atoms with Crippen molar-refractivity contribution in [2.45, 2.75) is 23.0 Å². The van der Waals surface area contributed by atoms with Crippen LogP contribution < -0.4 is 0 Å². The summed E-state index contributed by atoms with van der Waals surface area (Å²) in [6, 6.07) is 8.68. The summed E-state index contributed by atoms with van der Waals surface area (Å²) in [5.41, 5.74) is 0.808. The zero-order valence-electron chi connectivity index (χ0n) is 14.1. The van der Waals surface area contributed by atoms with Crippen LogP contribution in [-0.4, -0.2) is 20.4 Å². The van der Waals surface area contributed by atoms with Gasteiger partial charge < -0.3 is 19.9 Å². The molecule has 0 heterocycles. The normalized spacial score (nSPS) is 9.57. The number of nitrogens with zero attached hydrogens (tertiary/aromatic N) is 2. The average molecular weight is 854 g/mol. The maximum Gasteiger partial charge on any atom is 0.294 e. The first kappa shape index (κ1) is 28.0. The summed E-state index contributed by atoms with van der Waals surface area (Å²) in [5, 5.41) is 37.9. The summed E-state index contributed by atoms with van der Waals surface area (Å²) in [7, 11) is 2.42. The van der Waals surface area contributed by atoms with Gasteiger partial charge in [0.25, 0.3) is 10.2 Å². The van der Waals surface area contributed by atoms with E-state index in [9.17, 15) is 30.4 Å². The van der Waals surface area contributed by atoms with Crippen molar-refractivity contribution in [3.05, 3.63) is 67.8 Å². The van der Waals surface area contributed by atoms with Crippen LogP contribution in [0, 0.1) is 108 Å². The molecule has 2 aromatic carbocycles. The van der Waals surface area contributed by atoms with E-state index >= 15 is 0 Å². The van der Waals surface area contributed by atoms with E-state index < -0.39 is 10.2 Å². The van der Waals surface area contributed by atoms with Gasteiger partial charge in [-0.2, -0.15) is 0 Å². The van der Waals surface area contributed by atoms with E-state index in [1.54, 1.807) is 12.1 Å². The maximum absolute atomic E-state index is 10.4. The Hall–Kier alpha value is 0.0231. The third-order valence-corrected chi connectivity index (χ3v) is 5.53. The fraction of sp³-hybridized carbons (Fsp3) is 0.143. The molecule has 2 rings (SSSR count). The molecule has 0 aliphatic carbocycles. The first-order chi connectivity index (χ1) is 12.3. The maximum atomic E-state index is 10.4. The second-order valence-electron chi connectivity index (χ2n) is 4.74. The monoisotopic (exact) mass is 854 g/mol. The van der Waals surface area contributed by atoms with E-state index in [4.69, 9.17) is 0 Å². The molecule has 0 aromatic heterocycles. The van der Waals surface area contributed by atoms with Crippen molar-refractivity contribution >= 4 is 21.6 Å². The van der Waals surface area contributed by atoms with Gasteiger partial charge in [0.05, 0.1) is 0 Å². The summed E-state index contributed by atoms with van der Waals surface area (Å²) >= 11 is 0. The van der Waals surface area contributed by atoms with E-state index in [1.165, 1.54) is 45.9 Å². The summed E-state index contributed by atoms with van der Waals surface area (Å²) in [4.78, 5) is 30.6.